The Hall–Kier alpha value is -1.75. The Balaban J connectivity index is 2.56. The van der Waals surface area contributed by atoms with Crippen LogP contribution in [0, 0.1) is 0 Å². The molecule has 18 heavy (non-hydrogen) atoms. The van der Waals surface area contributed by atoms with Crippen molar-refractivity contribution in [3.63, 3.8) is 0 Å². The van der Waals surface area contributed by atoms with Gasteiger partial charge in [0.1, 0.15) is 0 Å². The molecule has 1 aromatic rings. The highest BCUT2D eigenvalue weighted by Crippen LogP contribution is 2.23. The first-order chi connectivity index (χ1) is 8.69. The number of rotatable bonds is 7. The summed E-state index contributed by atoms with van der Waals surface area (Å²) in [5.74, 6) is 0.381. The lowest BCUT2D eigenvalue weighted by atomic mass is 10.4. The number of nitrogens with two attached hydrogens (primary N) is 1. The number of carbonyl (C=O) groups excluding carboxylic acids is 1. The van der Waals surface area contributed by atoms with Gasteiger partial charge in [-0.2, -0.15) is 0 Å². The molecule has 96 valence electrons. The summed E-state index contributed by atoms with van der Waals surface area (Å²) in [4.78, 5) is 18.4. The first-order valence-corrected chi connectivity index (χ1v) is 6.49. The van der Waals surface area contributed by atoms with Crippen molar-refractivity contribution in [1.82, 2.24) is 9.88 Å². The summed E-state index contributed by atoms with van der Waals surface area (Å²) in [7, 11) is 0. The number of aromatic nitrogens is 1. The number of nitrogen functional groups attached to an aromatic ring is 1. The van der Waals surface area contributed by atoms with E-state index in [-0.39, 0.29) is 5.91 Å². The van der Waals surface area contributed by atoms with Crippen molar-refractivity contribution in [2.75, 3.05) is 24.6 Å². The zero-order valence-electron chi connectivity index (χ0n) is 10.2. The van der Waals surface area contributed by atoms with Crippen LogP contribution in [0.3, 0.4) is 0 Å². The van der Waals surface area contributed by atoms with Crippen LogP contribution in [0.4, 0.5) is 5.69 Å². The molecule has 0 saturated heterocycles. The van der Waals surface area contributed by atoms with E-state index < -0.39 is 0 Å². The Morgan fingerprint density at radius 2 is 2.11 bits per heavy atom. The van der Waals surface area contributed by atoms with E-state index in [2.05, 4.69) is 18.1 Å². The SMILES string of the molecule is C=CCN(CC=C)C(=O)CSc1ccncc1N. The summed E-state index contributed by atoms with van der Waals surface area (Å²) in [6, 6.07) is 1.80. The molecule has 0 aromatic carbocycles. The summed E-state index contributed by atoms with van der Waals surface area (Å²) in [5.41, 5.74) is 6.35. The largest absolute Gasteiger partial charge is 0.397 e. The van der Waals surface area contributed by atoms with E-state index in [1.54, 1.807) is 35.5 Å². The standard InChI is InChI=1S/C13H17N3OS/c1-3-7-16(8-4-2)13(17)10-18-12-5-6-15-9-11(12)14/h3-6,9H,1-2,7-8,10,14H2. The lowest BCUT2D eigenvalue weighted by Crippen LogP contribution is -2.32. The fraction of sp³-hybridized carbons (Fsp3) is 0.231. The van der Waals surface area contributed by atoms with Gasteiger partial charge in [0.2, 0.25) is 5.91 Å². The zero-order valence-corrected chi connectivity index (χ0v) is 11.0. The maximum atomic E-state index is 12.0. The van der Waals surface area contributed by atoms with Crippen molar-refractivity contribution < 1.29 is 4.79 Å². The number of hydrogen-bond donors (Lipinski definition) is 1. The topological polar surface area (TPSA) is 59.2 Å². The number of anilines is 1. The normalized spacial score (nSPS) is 9.78. The van der Waals surface area contributed by atoms with Crippen LogP contribution in [0.2, 0.25) is 0 Å². The van der Waals surface area contributed by atoms with Gasteiger partial charge in [-0.05, 0) is 6.07 Å². The van der Waals surface area contributed by atoms with Gasteiger partial charge >= 0.3 is 0 Å². The quantitative estimate of drug-likeness (QED) is 0.603. The minimum absolute atomic E-state index is 0.0380. The molecule has 2 N–H and O–H groups in total. The third-order valence-corrected chi connectivity index (χ3v) is 3.29. The van der Waals surface area contributed by atoms with Gasteiger partial charge in [0.05, 0.1) is 17.6 Å². The molecule has 0 radical (unpaired) electrons. The van der Waals surface area contributed by atoms with E-state index in [9.17, 15) is 4.79 Å². The van der Waals surface area contributed by atoms with Gasteiger partial charge in [-0.25, -0.2) is 0 Å². The molecule has 1 rings (SSSR count). The summed E-state index contributed by atoms with van der Waals surface area (Å²) in [6.45, 7) is 8.32. The Kier molecular flexibility index (Phi) is 6.00. The molecule has 0 fully saturated rings. The molecule has 0 unspecified atom stereocenters. The molecule has 0 aliphatic rings. The van der Waals surface area contributed by atoms with Crippen LogP contribution in [0.15, 0.2) is 48.7 Å². The first kappa shape index (κ1) is 14.3. The smallest absolute Gasteiger partial charge is 0.233 e. The minimum Gasteiger partial charge on any atom is -0.397 e. The van der Waals surface area contributed by atoms with Crippen molar-refractivity contribution in [1.29, 1.82) is 0 Å². The number of thioether (sulfide) groups is 1. The molecule has 5 heteroatoms. The van der Waals surface area contributed by atoms with Gasteiger partial charge in [-0.3, -0.25) is 9.78 Å². The fourth-order valence-corrected chi connectivity index (χ4v) is 2.18. The predicted molar refractivity (Wildman–Crippen MR) is 76.3 cm³/mol. The van der Waals surface area contributed by atoms with Gasteiger partial charge in [-0.15, -0.1) is 24.9 Å². The number of amides is 1. The average molecular weight is 263 g/mol. The highest BCUT2D eigenvalue weighted by atomic mass is 32.2. The molecule has 0 aliphatic heterocycles. The highest BCUT2D eigenvalue weighted by Gasteiger charge is 2.11. The molecule has 0 aliphatic carbocycles. The van der Waals surface area contributed by atoms with E-state index in [0.717, 1.165) is 4.90 Å². The molecule has 0 saturated carbocycles. The molecule has 1 aromatic heterocycles. The van der Waals surface area contributed by atoms with Crippen molar-refractivity contribution in [3.8, 4) is 0 Å². The zero-order chi connectivity index (χ0) is 13.4. The summed E-state index contributed by atoms with van der Waals surface area (Å²) in [5, 5.41) is 0. The molecule has 0 atom stereocenters. The Bertz CT molecular complexity index is 424. The average Bonchev–Trinajstić information content (AvgIpc) is 2.37. The third-order valence-electron chi connectivity index (χ3n) is 2.21. The van der Waals surface area contributed by atoms with E-state index in [1.807, 2.05) is 0 Å². The van der Waals surface area contributed by atoms with Crippen molar-refractivity contribution in [2.45, 2.75) is 4.90 Å². The maximum Gasteiger partial charge on any atom is 0.233 e. The van der Waals surface area contributed by atoms with Crippen LogP contribution < -0.4 is 5.73 Å². The molecule has 1 amide bonds. The molecular weight excluding hydrogens is 246 g/mol. The van der Waals surface area contributed by atoms with Gasteiger partial charge in [0, 0.05) is 24.2 Å². The van der Waals surface area contributed by atoms with E-state index in [1.165, 1.54) is 11.8 Å². The van der Waals surface area contributed by atoms with Crippen molar-refractivity contribution in [3.05, 3.63) is 43.8 Å². The maximum absolute atomic E-state index is 12.0. The molecule has 0 spiro atoms. The second-order valence-corrected chi connectivity index (χ2v) is 4.60. The molecular formula is C13H17N3OS. The van der Waals surface area contributed by atoms with Gasteiger partial charge < -0.3 is 10.6 Å². The van der Waals surface area contributed by atoms with Crippen LogP contribution in [0.1, 0.15) is 0 Å². The van der Waals surface area contributed by atoms with Gasteiger partial charge in [0.15, 0.2) is 0 Å². The third kappa shape index (κ3) is 4.25. The van der Waals surface area contributed by atoms with Crippen LogP contribution in [0.5, 0.6) is 0 Å². The van der Waals surface area contributed by atoms with Crippen molar-refractivity contribution >= 4 is 23.4 Å². The lowest BCUT2D eigenvalue weighted by molar-refractivity contribution is -0.127. The summed E-state index contributed by atoms with van der Waals surface area (Å²) >= 11 is 1.41. The van der Waals surface area contributed by atoms with Crippen LogP contribution in [-0.2, 0) is 4.79 Å². The Labute approximate surface area is 112 Å². The van der Waals surface area contributed by atoms with Gasteiger partial charge in [-0.1, -0.05) is 12.2 Å². The number of pyridine rings is 1. The second kappa shape index (κ2) is 7.55. The summed E-state index contributed by atoms with van der Waals surface area (Å²) in [6.07, 6.45) is 6.65. The number of carbonyl (C=O) groups is 1. The molecule has 4 nitrogen and oxygen atoms in total. The van der Waals surface area contributed by atoms with Crippen LogP contribution in [-0.4, -0.2) is 34.6 Å². The van der Waals surface area contributed by atoms with Gasteiger partial charge in [0.25, 0.3) is 0 Å². The predicted octanol–water partition coefficient (Wildman–Crippen LogP) is 1.96. The van der Waals surface area contributed by atoms with Crippen molar-refractivity contribution in [2.24, 2.45) is 0 Å². The fourth-order valence-electron chi connectivity index (χ4n) is 1.35. The molecule has 0 bridgehead atoms. The first-order valence-electron chi connectivity index (χ1n) is 5.51. The number of hydrogen-bond acceptors (Lipinski definition) is 4. The van der Waals surface area contributed by atoms with Crippen LogP contribution in [0.25, 0.3) is 0 Å². The monoisotopic (exact) mass is 263 g/mol. The lowest BCUT2D eigenvalue weighted by Gasteiger charge is -2.19. The number of nitrogens with zero attached hydrogens (tertiary/aromatic N) is 2. The summed E-state index contributed by atoms with van der Waals surface area (Å²) < 4.78 is 0. The van der Waals surface area contributed by atoms with E-state index in [0.29, 0.717) is 24.5 Å². The second-order valence-electron chi connectivity index (χ2n) is 3.58. The highest BCUT2D eigenvalue weighted by molar-refractivity contribution is 8.00. The Morgan fingerprint density at radius 3 is 2.67 bits per heavy atom. The Morgan fingerprint density at radius 1 is 1.44 bits per heavy atom. The molecule has 1 heterocycles. The van der Waals surface area contributed by atoms with E-state index in [4.69, 9.17) is 5.73 Å². The van der Waals surface area contributed by atoms with E-state index >= 15 is 0 Å². The van der Waals surface area contributed by atoms with Crippen LogP contribution >= 0.6 is 11.8 Å². The minimum atomic E-state index is 0.0380.